The van der Waals surface area contributed by atoms with Gasteiger partial charge >= 0.3 is 0 Å². The summed E-state index contributed by atoms with van der Waals surface area (Å²) in [5.74, 6) is 6.21. The SMILES string of the molecule is C=CCNc1c(C(N)=O)c(N)nn1C.CCc1nc2cccc(C#Cc3cnn(C)c3)n2c(=O)c1-c1ccccc1. The number of pyridine rings is 1. The van der Waals surface area contributed by atoms with E-state index < -0.39 is 5.91 Å². The molecule has 0 bridgehead atoms. The van der Waals surface area contributed by atoms with Crippen LogP contribution in [-0.2, 0) is 20.5 Å². The van der Waals surface area contributed by atoms with Crippen molar-refractivity contribution in [2.24, 2.45) is 19.8 Å². The van der Waals surface area contributed by atoms with Crippen LogP contribution in [0.3, 0.4) is 0 Å². The van der Waals surface area contributed by atoms with Gasteiger partial charge in [0, 0.05) is 26.8 Å². The van der Waals surface area contributed by atoms with Gasteiger partial charge in [0.25, 0.3) is 11.5 Å². The monoisotopic (exact) mass is 549 g/mol. The van der Waals surface area contributed by atoms with Gasteiger partial charge in [0.15, 0.2) is 5.82 Å². The molecule has 4 aromatic heterocycles. The zero-order chi connectivity index (χ0) is 29.5. The molecule has 0 saturated carbocycles. The maximum Gasteiger partial charge on any atom is 0.267 e. The molecule has 0 spiro atoms. The summed E-state index contributed by atoms with van der Waals surface area (Å²) >= 11 is 0. The van der Waals surface area contributed by atoms with E-state index in [1.54, 1.807) is 28.4 Å². The predicted molar refractivity (Wildman–Crippen MR) is 160 cm³/mol. The number of aromatic nitrogens is 6. The van der Waals surface area contributed by atoms with Crippen LogP contribution < -0.4 is 22.3 Å². The van der Waals surface area contributed by atoms with Crippen LogP contribution in [0.2, 0.25) is 0 Å². The van der Waals surface area contributed by atoms with Crippen molar-refractivity contribution >= 4 is 23.2 Å². The lowest BCUT2D eigenvalue weighted by atomic mass is 10.0. The number of hydrogen-bond donors (Lipinski definition) is 3. The number of primary amides is 1. The Kier molecular flexibility index (Phi) is 8.64. The van der Waals surface area contributed by atoms with Gasteiger partial charge in [-0.25, -0.2) is 4.98 Å². The predicted octanol–water partition coefficient (Wildman–Crippen LogP) is 2.76. The molecule has 0 aliphatic rings. The first kappa shape index (κ1) is 28.4. The Morgan fingerprint density at radius 1 is 1.12 bits per heavy atom. The van der Waals surface area contributed by atoms with E-state index in [0.717, 1.165) is 16.8 Å². The molecule has 4 heterocycles. The van der Waals surface area contributed by atoms with Crippen LogP contribution in [0, 0.1) is 11.8 Å². The number of benzene rings is 1. The number of nitrogens with two attached hydrogens (primary N) is 2. The second kappa shape index (κ2) is 12.5. The van der Waals surface area contributed by atoms with E-state index in [9.17, 15) is 9.59 Å². The first-order valence-corrected chi connectivity index (χ1v) is 12.8. The van der Waals surface area contributed by atoms with Gasteiger partial charge in [-0.05, 0) is 30.0 Å². The lowest BCUT2D eigenvalue weighted by Gasteiger charge is -2.11. The highest BCUT2D eigenvalue weighted by atomic mass is 16.1. The van der Waals surface area contributed by atoms with Crippen molar-refractivity contribution in [2.75, 3.05) is 17.6 Å². The Bertz CT molecular complexity index is 1840. The van der Waals surface area contributed by atoms with Crippen molar-refractivity contribution in [1.29, 1.82) is 0 Å². The van der Waals surface area contributed by atoms with Crippen molar-refractivity contribution in [1.82, 2.24) is 28.9 Å². The van der Waals surface area contributed by atoms with Crippen LogP contribution in [0.1, 0.15) is 34.2 Å². The number of anilines is 2. The zero-order valence-electron chi connectivity index (χ0n) is 23.1. The summed E-state index contributed by atoms with van der Waals surface area (Å²) in [4.78, 5) is 29.2. The van der Waals surface area contributed by atoms with E-state index in [4.69, 9.17) is 16.5 Å². The standard InChI is InChI=1S/C22H18N4O.C8H13N5O/c1-3-19-21(17-8-5-4-6-9-17)22(27)26-18(10-7-11-20(26)24-19)13-12-16-14-23-25(2)15-16;1-3-4-11-8-5(7(10)14)6(9)12-13(8)2/h4-11,14-15H,3H2,1-2H3;3,11H,1,4H2,2H3,(H2,9,12)(H2,10,14). The number of nitrogens with zero attached hydrogens (tertiary/aromatic N) is 6. The molecule has 1 aromatic carbocycles. The number of nitrogen functional groups attached to an aromatic ring is 1. The lowest BCUT2D eigenvalue weighted by Crippen LogP contribution is -2.21. The number of rotatable bonds is 6. The highest BCUT2D eigenvalue weighted by molar-refractivity contribution is 6.02. The molecular formula is C30H31N9O2. The second-order valence-electron chi connectivity index (χ2n) is 8.98. The van der Waals surface area contributed by atoms with Gasteiger partial charge in [-0.3, -0.25) is 23.4 Å². The molecule has 5 aromatic rings. The first-order chi connectivity index (χ1) is 19.7. The minimum Gasteiger partial charge on any atom is -0.381 e. The smallest absolute Gasteiger partial charge is 0.267 e. The zero-order valence-corrected chi connectivity index (χ0v) is 23.1. The van der Waals surface area contributed by atoms with Crippen molar-refractivity contribution in [2.45, 2.75) is 13.3 Å². The summed E-state index contributed by atoms with van der Waals surface area (Å²) in [6, 6.07) is 15.2. The second-order valence-corrected chi connectivity index (χ2v) is 8.98. The van der Waals surface area contributed by atoms with Gasteiger partial charge < -0.3 is 16.8 Å². The Labute approximate surface area is 237 Å². The fourth-order valence-corrected chi connectivity index (χ4v) is 4.26. The summed E-state index contributed by atoms with van der Waals surface area (Å²) in [5.41, 5.74) is 15.1. The minimum absolute atomic E-state index is 0.0980. The number of hydrogen-bond acceptors (Lipinski definition) is 7. The van der Waals surface area contributed by atoms with Gasteiger partial charge in [-0.15, -0.1) is 6.58 Å². The van der Waals surface area contributed by atoms with E-state index in [2.05, 4.69) is 33.9 Å². The van der Waals surface area contributed by atoms with Crippen LogP contribution >= 0.6 is 0 Å². The molecule has 0 aliphatic carbocycles. The quantitative estimate of drug-likeness (QED) is 0.218. The third-order valence-electron chi connectivity index (χ3n) is 6.10. The molecular weight excluding hydrogens is 518 g/mol. The topological polar surface area (TPSA) is 151 Å². The molecule has 0 fully saturated rings. The molecule has 1 amide bonds. The van der Waals surface area contributed by atoms with Crippen LogP contribution in [-0.4, -0.2) is 41.4 Å². The Morgan fingerprint density at radius 2 is 1.88 bits per heavy atom. The molecule has 0 atom stereocenters. The van der Waals surface area contributed by atoms with E-state index >= 15 is 0 Å². The normalized spacial score (nSPS) is 10.3. The number of carbonyl (C=O) groups excluding carboxylic acids is 1. The number of fused-ring (bicyclic) bond motifs is 1. The van der Waals surface area contributed by atoms with Crippen LogP contribution in [0.4, 0.5) is 11.6 Å². The summed E-state index contributed by atoms with van der Waals surface area (Å²) in [6.07, 6.45) is 5.88. The number of nitrogens with one attached hydrogen (secondary N) is 1. The highest BCUT2D eigenvalue weighted by Gasteiger charge is 2.18. The van der Waals surface area contributed by atoms with E-state index in [1.165, 1.54) is 4.68 Å². The van der Waals surface area contributed by atoms with Crippen molar-refractivity contribution in [3.8, 4) is 23.0 Å². The van der Waals surface area contributed by atoms with Gasteiger partial charge in [0.2, 0.25) is 0 Å². The molecule has 5 rings (SSSR count). The average Bonchev–Trinajstić information content (AvgIpc) is 3.51. The Balaban J connectivity index is 0.000000234. The molecule has 11 nitrogen and oxygen atoms in total. The molecule has 0 aliphatic heterocycles. The van der Waals surface area contributed by atoms with Crippen LogP contribution in [0.15, 0.2) is 78.4 Å². The van der Waals surface area contributed by atoms with Crippen LogP contribution in [0.25, 0.3) is 16.8 Å². The number of aryl methyl sites for hydroxylation is 3. The largest absolute Gasteiger partial charge is 0.381 e. The minimum atomic E-state index is -0.595. The van der Waals surface area contributed by atoms with Crippen molar-refractivity contribution in [3.63, 3.8) is 0 Å². The molecule has 0 unspecified atom stereocenters. The van der Waals surface area contributed by atoms with Gasteiger partial charge in [0.1, 0.15) is 22.7 Å². The van der Waals surface area contributed by atoms with Crippen LogP contribution in [0.5, 0.6) is 0 Å². The fraction of sp³-hybridized carbons (Fsp3) is 0.167. The molecule has 0 radical (unpaired) electrons. The number of amides is 1. The van der Waals surface area contributed by atoms with E-state index in [1.807, 2.05) is 68.7 Å². The maximum absolute atomic E-state index is 13.4. The fourth-order valence-electron chi connectivity index (χ4n) is 4.26. The van der Waals surface area contributed by atoms with Gasteiger partial charge in [-0.2, -0.15) is 10.2 Å². The maximum atomic E-state index is 13.4. The van der Waals surface area contributed by atoms with E-state index in [-0.39, 0.29) is 16.9 Å². The van der Waals surface area contributed by atoms with Crippen molar-refractivity contribution in [3.05, 3.63) is 106 Å². The summed E-state index contributed by atoms with van der Waals surface area (Å²) in [5, 5.41) is 10.9. The number of carbonyl (C=O) groups is 1. The molecule has 11 heteroatoms. The molecule has 5 N–H and O–H groups in total. The average molecular weight is 550 g/mol. The van der Waals surface area contributed by atoms with Crippen molar-refractivity contribution < 1.29 is 4.79 Å². The Hall–Kier alpha value is -5.63. The lowest BCUT2D eigenvalue weighted by molar-refractivity contribution is 0.100. The third-order valence-corrected chi connectivity index (χ3v) is 6.10. The molecule has 0 saturated heterocycles. The highest BCUT2D eigenvalue weighted by Crippen LogP contribution is 2.21. The molecule has 208 valence electrons. The Morgan fingerprint density at radius 3 is 2.51 bits per heavy atom. The van der Waals surface area contributed by atoms with Gasteiger partial charge in [-0.1, -0.05) is 55.3 Å². The van der Waals surface area contributed by atoms with Gasteiger partial charge in [0.05, 0.1) is 23.0 Å². The summed E-state index contributed by atoms with van der Waals surface area (Å²) in [7, 11) is 3.52. The first-order valence-electron chi connectivity index (χ1n) is 12.8. The molecule has 41 heavy (non-hydrogen) atoms. The summed E-state index contributed by atoms with van der Waals surface area (Å²) < 4.78 is 4.76. The van der Waals surface area contributed by atoms with E-state index in [0.29, 0.717) is 35.7 Å². The summed E-state index contributed by atoms with van der Waals surface area (Å²) in [6.45, 7) is 6.07. The third kappa shape index (κ3) is 6.17.